The molecule has 0 spiro atoms. The van der Waals surface area contributed by atoms with Crippen LogP contribution >= 0.6 is 11.3 Å². The van der Waals surface area contributed by atoms with Crippen LogP contribution in [0.2, 0.25) is 0 Å². The molecule has 1 heterocycles. The molecule has 0 radical (unpaired) electrons. The lowest BCUT2D eigenvalue weighted by Gasteiger charge is -2.23. The summed E-state index contributed by atoms with van der Waals surface area (Å²) < 4.78 is 0. The van der Waals surface area contributed by atoms with Crippen molar-refractivity contribution in [2.75, 3.05) is 0 Å². The average Bonchev–Trinajstić information content (AvgIpc) is 2.88. The highest BCUT2D eigenvalue weighted by molar-refractivity contribution is 7.10. The summed E-state index contributed by atoms with van der Waals surface area (Å²) in [6, 6.07) is 11.6. The van der Waals surface area contributed by atoms with Crippen molar-refractivity contribution in [3.8, 4) is 0 Å². The van der Waals surface area contributed by atoms with Gasteiger partial charge in [-0.15, -0.1) is 11.3 Å². The minimum Gasteiger partial charge on any atom is -0.310 e. The van der Waals surface area contributed by atoms with Crippen molar-refractivity contribution in [3.63, 3.8) is 0 Å². The first kappa shape index (κ1) is 13.8. The van der Waals surface area contributed by atoms with Crippen molar-refractivity contribution in [2.45, 2.75) is 51.6 Å². The van der Waals surface area contributed by atoms with Gasteiger partial charge in [0.25, 0.3) is 0 Å². The summed E-state index contributed by atoms with van der Waals surface area (Å²) in [4.78, 5) is 1.62. The van der Waals surface area contributed by atoms with Crippen molar-refractivity contribution in [3.05, 3.63) is 57.3 Å². The van der Waals surface area contributed by atoms with Gasteiger partial charge in [-0.05, 0) is 47.3 Å². The molecule has 0 saturated heterocycles. The number of nitrogens with one attached hydrogen (secondary N) is 1. The molecule has 1 atom stereocenters. The lowest BCUT2D eigenvalue weighted by atomic mass is 9.83. The highest BCUT2D eigenvalue weighted by Gasteiger charge is 2.23. The molecule has 106 valence electrons. The molecule has 2 aromatic rings. The van der Waals surface area contributed by atoms with E-state index in [1.165, 1.54) is 30.4 Å². The van der Waals surface area contributed by atoms with Crippen LogP contribution in [0.3, 0.4) is 0 Å². The molecule has 1 unspecified atom stereocenters. The Morgan fingerprint density at radius 3 is 2.80 bits per heavy atom. The van der Waals surface area contributed by atoms with Gasteiger partial charge in [-0.25, -0.2) is 0 Å². The molecule has 1 nitrogen and oxygen atoms in total. The first-order chi connectivity index (χ1) is 9.74. The van der Waals surface area contributed by atoms with Crippen LogP contribution in [0, 0.1) is 0 Å². The van der Waals surface area contributed by atoms with Gasteiger partial charge in [-0.1, -0.05) is 44.2 Å². The highest BCUT2D eigenvalue weighted by atomic mass is 32.1. The number of hydrogen-bond acceptors (Lipinski definition) is 2. The Kier molecular flexibility index (Phi) is 4.23. The topological polar surface area (TPSA) is 12.0 Å². The van der Waals surface area contributed by atoms with Crippen LogP contribution in [-0.4, -0.2) is 6.04 Å². The zero-order chi connectivity index (χ0) is 13.9. The Morgan fingerprint density at radius 1 is 1.25 bits per heavy atom. The predicted molar refractivity (Wildman–Crippen MR) is 87.5 cm³/mol. The fraction of sp³-hybridized carbons (Fsp3) is 0.444. The second kappa shape index (κ2) is 6.11. The van der Waals surface area contributed by atoms with Gasteiger partial charge >= 0.3 is 0 Å². The third kappa shape index (κ3) is 2.97. The molecule has 1 aromatic heterocycles. The SMILES string of the molecule is CC(C)NCc1csc2c1CCC(c1ccccc1)C2. The van der Waals surface area contributed by atoms with E-state index >= 15 is 0 Å². The van der Waals surface area contributed by atoms with E-state index < -0.39 is 0 Å². The highest BCUT2D eigenvalue weighted by Crippen LogP contribution is 2.37. The van der Waals surface area contributed by atoms with Crippen LogP contribution in [0.5, 0.6) is 0 Å². The molecule has 1 N–H and O–H groups in total. The first-order valence-corrected chi connectivity index (χ1v) is 8.48. The van der Waals surface area contributed by atoms with Gasteiger partial charge in [0, 0.05) is 17.5 Å². The minimum absolute atomic E-state index is 0.561. The van der Waals surface area contributed by atoms with E-state index in [0.717, 1.165) is 6.54 Å². The molecule has 1 aromatic carbocycles. The third-order valence-electron chi connectivity index (χ3n) is 4.21. The Morgan fingerprint density at radius 2 is 2.05 bits per heavy atom. The van der Waals surface area contributed by atoms with E-state index in [0.29, 0.717) is 12.0 Å². The Labute approximate surface area is 126 Å². The van der Waals surface area contributed by atoms with Gasteiger partial charge < -0.3 is 5.32 Å². The van der Waals surface area contributed by atoms with Crippen molar-refractivity contribution < 1.29 is 0 Å². The molecule has 0 aliphatic heterocycles. The van der Waals surface area contributed by atoms with Gasteiger partial charge in [-0.2, -0.15) is 0 Å². The standard InChI is InChI=1S/C18H23NS/c1-13(2)19-11-16-12-20-18-10-15(8-9-17(16)18)14-6-4-3-5-7-14/h3-7,12-13,15,19H,8-11H2,1-2H3. The molecular formula is C18H23NS. The smallest absolute Gasteiger partial charge is 0.0218 e. The summed E-state index contributed by atoms with van der Waals surface area (Å²) in [7, 11) is 0. The van der Waals surface area contributed by atoms with Gasteiger partial charge in [-0.3, -0.25) is 0 Å². The minimum atomic E-state index is 0.561. The lowest BCUT2D eigenvalue weighted by molar-refractivity contribution is 0.568. The summed E-state index contributed by atoms with van der Waals surface area (Å²) in [6.45, 7) is 5.45. The normalized spacial score (nSPS) is 18.2. The Balaban J connectivity index is 1.73. The van der Waals surface area contributed by atoms with E-state index in [1.807, 2.05) is 11.3 Å². The van der Waals surface area contributed by atoms with Gasteiger partial charge in [0.15, 0.2) is 0 Å². The van der Waals surface area contributed by atoms with E-state index in [4.69, 9.17) is 0 Å². The monoisotopic (exact) mass is 285 g/mol. The summed E-state index contributed by atoms with van der Waals surface area (Å²) in [5, 5.41) is 5.92. The number of thiophene rings is 1. The fourth-order valence-electron chi connectivity index (χ4n) is 3.05. The summed E-state index contributed by atoms with van der Waals surface area (Å²) >= 11 is 1.96. The lowest BCUT2D eigenvalue weighted by Crippen LogP contribution is -2.22. The van der Waals surface area contributed by atoms with Crippen molar-refractivity contribution in [1.29, 1.82) is 0 Å². The van der Waals surface area contributed by atoms with Gasteiger partial charge in [0.2, 0.25) is 0 Å². The number of fused-ring (bicyclic) bond motifs is 1. The predicted octanol–water partition coefficient (Wildman–Crippen LogP) is 4.52. The maximum atomic E-state index is 3.55. The van der Waals surface area contributed by atoms with Crippen molar-refractivity contribution >= 4 is 11.3 Å². The molecule has 0 amide bonds. The molecule has 1 aliphatic rings. The second-order valence-electron chi connectivity index (χ2n) is 6.05. The van der Waals surface area contributed by atoms with Gasteiger partial charge in [0.05, 0.1) is 0 Å². The third-order valence-corrected chi connectivity index (χ3v) is 5.31. The Hall–Kier alpha value is -1.12. The molecule has 1 aliphatic carbocycles. The number of hydrogen-bond donors (Lipinski definition) is 1. The zero-order valence-corrected chi connectivity index (χ0v) is 13.2. The molecule has 3 rings (SSSR count). The number of benzene rings is 1. The van der Waals surface area contributed by atoms with Crippen LogP contribution in [-0.2, 0) is 19.4 Å². The largest absolute Gasteiger partial charge is 0.310 e. The van der Waals surface area contributed by atoms with E-state index in [-0.39, 0.29) is 0 Å². The zero-order valence-electron chi connectivity index (χ0n) is 12.4. The fourth-order valence-corrected chi connectivity index (χ4v) is 4.23. The maximum Gasteiger partial charge on any atom is 0.0218 e. The van der Waals surface area contributed by atoms with Crippen LogP contribution in [0.1, 0.15) is 47.8 Å². The van der Waals surface area contributed by atoms with Crippen LogP contribution < -0.4 is 5.32 Å². The average molecular weight is 285 g/mol. The molecule has 2 heteroatoms. The quantitative estimate of drug-likeness (QED) is 0.871. The summed E-state index contributed by atoms with van der Waals surface area (Å²) in [5.74, 6) is 0.716. The molecule has 0 fully saturated rings. The van der Waals surface area contributed by atoms with Crippen molar-refractivity contribution in [1.82, 2.24) is 5.32 Å². The van der Waals surface area contributed by atoms with Crippen LogP contribution in [0.25, 0.3) is 0 Å². The maximum absolute atomic E-state index is 3.55. The summed E-state index contributed by atoms with van der Waals surface area (Å²) in [6.07, 6.45) is 3.77. The Bertz CT molecular complexity index is 556. The second-order valence-corrected chi connectivity index (χ2v) is 7.01. The number of rotatable bonds is 4. The first-order valence-electron chi connectivity index (χ1n) is 7.60. The van der Waals surface area contributed by atoms with Crippen molar-refractivity contribution in [2.24, 2.45) is 0 Å². The molecular weight excluding hydrogens is 262 g/mol. The van der Waals surface area contributed by atoms with Crippen LogP contribution in [0.4, 0.5) is 0 Å². The van der Waals surface area contributed by atoms with E-state index in [1.54, 1.807) is 10.4 Å². The molecule has 0 saturated carbocycles. The van der Waals surface area contributed by atoms with E-state index in [2.05, 4.69) is 54.9 Å². The molecule has 0 bridgehead atoms. The van der Waals surface area contributed by atoms with Crippen LogP contribution in [0.15, 0.2) is 35.7 Å². The van der Waals surface area contributed by atoms with Gasteiger partial charge in [0.1, 0.15) is 0 Å². The van der Waals surface area contributed by atoms with E-state index in [9.17, 15) is 0 Å². The summed E-state index contributed by atoms with van der Waals surface area (Å²) in [5.41, 5.74) is 4.67. The molecule has 20 heavy (non-hydrogen) atoms.